The molecule has 2 aromatic rings. The number of anilines is 1. The number of rotatable bonds is 2. The van der Waals surface area contributed by atoms with Crippen molar-refractivity contribution in [3.05, 3.63) is 88.1 Å². The van der Waals surface area contributed by atoms with Crippen molar-refractivity contribution in [3.8, 4) is 5.69 Å². The summed E-state index contributed by atoms with van der Waals surface area (Å²) < 4.78 is 55.0. The number of aliphatic imine (C=N–C) groups is 1. The maximum absolute atomic E-state index is 9.19. The Morgan fingerprint density at radius 3 is 2.32 bits per heavy atom. The monoisotopic (exact) mass is 608 g/mol. The van der Waals surface area contributed by atoms with Crippen LogP contribution in [0.2, 0.25) is 0 Å². The summed E-state index contributed by atoms with van der Waals surface area (Å²) in [4.78, 5) is 11.3. The second kappa shape index (κ2) is 11.7. The molecule has 2 heterocycles. The summed E-state index contributed by atoms with van der Waals surface area (Å²) in [6.07, 6.45) is 18.5. The molecule has 0 saturated carbocycles. The van der Waals surface area contributed by atoms with E-state index in [1.54, 1.807) is 16.9 Å². The molecule has 2 aliphatic carbocycles. The Kier molecular flexibility index (Phi) is 9.14. The second-order valence-electron chi connectivity index (χ2n) is 8.58. The summed E-state index contributed by atoms with van der Waals surface area (Å²) in [6, 6.07) is 8.57. The Bertz CT molecular complexity index is 1490. The Morgan fingerprint density at radius 1 is 1.05 bits per heavy atom. The zero-order valence-corrected chi connectivity index (χ0v) is 24.6. The Hall–Kier alpha value is -2.76. The standard InChI is InChI=1S/C22H21AsN4.2CH4O3S/c1-15-12-26(13-24-15)17-6-4-7-18(11-17)27-14-25-22(23)20-10-9-16-5-2-3-8-19(16)21(20)27;2*1-5(2,3)4/h2-8,11-14,16H,9-10,23H2,1H3;2*1H3,(H,2,3,4). The van der Waals surface area contributed by atoms with Crippen LogP contribution in [0.5, 0.6) is 0 Å². The third kappa shape index (κ3) is 8.65. The van der Waals surface area contributed by atoms with Gasteiger partial charge < -0.3 is 0 Å². The zero-order valence-electron chi connectivity index (χ0n) is 20.6. The first-order valence-electron chi connectivity index (χ1n) is 11.1. The Balaban J connectivity index is 0.000000327. The van der Waals surface area contributed by atoms with Gasteiger partial charge in [-0.05, 0) is 0 Å². The molecule has 37 heavy (non-hydrogen) atoms. The van der Waals surface area contributed by atoms with E-state index in [2.05, 4.69) is 69.2 Å². The third-order valence-electron chi connectivity index (χ3n) is 5.37. The van der Waals surface area contributed by atoms with Crippen molar-refractivity contribution < 1.29 is 25.9 Å². The maximum atomic E-state index is 9.19. The summed E-state index contributed by atoms with van der Waals surface area (Å²) >= 11 is 1.61. The number of hydrogen-bond donors (Lipinski definition) is 2. The zero-order chi connectivity index (χ0) is 27.4. The molecule has 2 atom stereocenters. The molecule has 1 aromatic carbocycles. The van der Waals surface area contributed by atoms with Crippen molar-refractivity contribution >= 4 is 49.1 Å². The van der Waals surface area contributed by atoms with Crippen LogP contribution in [0.25, 0.3) is 5.69 Å². The van der Waals surface area contributed by atoms with Crippen LogP contribution < -0.4 is 4.90 Å². The summed E-state index contributed by atoms with van der Waals surface area (Å²) in [5.74, 6) is 0.502. The van der Waals surface area contributed by atoms with Gasteiger partial charge in [-0.3, -0.25) is 9.11 Å². The van der Waals surface area contributed by atoms with Crippen molar-refractivity contribution in [1.29, 1.82) is 0 Å². The van der Waals surface area contributed by atoms with E-state index in [0.29, 0.717) is 18.4 Å². The van der Waals surface area contributed by atoms with Gasteiger partial charge in [-0.1, -0.05) is 0 Å². The quantitative estimate of drug-likeness (QED) is 0.392. The van der Waals surface area contributed by atoms with Crippen molar-refractivity contribution in [3.63, 3.8) is 0 Å². The van der Waals surface area contributed by atoms with Gasteiger partial charge in [-0.25, -0.2) is 0 Å². The van der Waals surface area contributed by atoms with Crippen LogP contribution >= 0.6 is 0 Å². The molecule has 2 N–H and O–H groups in total. The fourth-order valence-corrected chi connectivity index (χ4v) is 4.76. The van der Waals surface area contributed by atoms with Gasteiger partial charge in [0.15, 0.2) is 0 Å². The van der Waals surface area contributed by atoms with E-state index in [4.69, 9.17) is 14.1 Å². The number of benzene rings is 1. The van der Waals surface area contributed by atoms with E-state index >= 15 is 0 Å². The van der Waals surface area contributed by atoms with Gasteiger partial charge >= 0.3 is 168 Å². The molecule has 13 heteroatoms. The van der Waals surface area contributed by atoms with Crippen molar-refractivity contribution in [2.24, 2.45) is 10.9 Å². The van der Waals surface area contributed by atoms with Crippen molar-refractivity contribution in [2.45, 2.75) is 19.8 Å². The number of nitrogens with zero attached hydrogens (tertiary/aromatic N) is 4. The topological polar surface area (TPSA) is 142 Å². The summed E-state index contributed by atoms with van der Waals surface area (Å²) in [5.41, 5.74) is 7.38. The SMILES string of the molecule is CS(=O)(=O)O.CS(=O)(=O)O.Cc1cn(-c2cccc(N3C=NC([AsH2])=C4CCC5C=CC=CC5=C43)c2)cn1. The number of allylic oxidation sites excluding steroid dienone is 6. The Morgan fingerprint density at radius 2 is 1.70 bits per heavy atom. The number of hydrogen-bond acceptors (Lipinski definition) is 7. The molecule has 0 saturated heterocycles. The predicted molar refractivity (Wildman–Crippen MR) is 148 cm³/mol. The number of aromatic nitrogens is 2. The van der Waals surface area contributed by atoms with Crippen LogP contribution in [0.3, 0.4) is 0 Å². The average molecular weight is 609 g/mol. The van der Waals surface area contributed by atoms with Crippen LogP contribution in [0.4, 0.5) is 5.69 Å². The molecule has 3 aliphatic rings. The van der Waals surface area contributed by atoms with Crippen LogP contribution in [0.15, 0.2) is 87.4 Å². The van der Waals surface area contributed by atoms with E-state index in [9.17, 15) is 16.8 Å². The number of fused-ring (bicyclic) bond motifs is 2. The summed E-state index contributed by atoms with van der Waals surface area (Å²) in [5, 5.41) is 0. The first kappa shape index (κ1) is 28.8. The minimum absolute atomic E-state index is 0.502. The van der Waals surface area contributed by atoms with Crippen LogP contribution in [0, 0.1) is 12.8 Å². The average Bonchev–Trinajstić information content (AvgIpc) is 3.23. The molecule has 198 valence electrons. The fraction of sp³-hybridized carbons (Fsp3) is 0.250. The van der Waals surface area contributed by atoms with E-state index in [1.807, 2.05) is 19.6 Å². The molecule has 2 unspecified atom stereocenters. The molecule has 0 spiro atoms. The minimum atomic E-state index is -3.67. The van der Waals surface area contributed by atoms with E-state index < -0.39 is 20.2 Å². The first-order chi connectivity index (χ1) is 17.2. The number of aryl methyl sites for hydroxylation is 1. The Labute approximate surface area is 225 Å². The molecule has 0 radical (unpaired) electrons. The molecular formula is C24H29AsN4O6S2. The van der Waals surface area contributed by atoms with Gasteiger partial charge in [-0.2, -0.15) is 16.8 Å². The van der Waals surface area contributed by atoms with Gasteiger partial charge in [-0.15, -0.1) is 0 Å². The van der Waals surface area contributed by atoms with Crippen LogP contribution in [0.1, 0.15) is 18.5 Å². The first-order valence-corrected chi connectivity index (χ1v) is 16.0. The third-order valence-corrected chi connectivity index (χ3v) is 6.42. The summed E-state index contributed by atoms with van der Waals surface area (Å²) in [6.45, 7) is 2.01. The summed E-state index contributed by atoms with van der Waals surface area (Å²) in [7, 11) is -7.33. The molecule has 1 aliphatic heterocycles. The van der Waals surface area contributed by atoms with E-state index in [-0.39, 0.29) is 0 Å². The normalized spacial score (nSPS) is 18.4. The van der Waals surface area contributed by atoms with Crippen LogP contribution in [-0.2, 0) is 20.2 Å². The van der Waals surface area contributed by atoms with Crippen molar-refractivity contribution in [1.82, 2.24) is 9.55 Å². The van der Waals surface area contributed by atoms with E-state index in [0.717, 1.165) is 23.5 Å². The van der Waals surface area contributed by atoms with E-state index in [1.165, 1.54) is 27.7 Å². The van der Waals surface area contributed by atoms with Gasteiger partial charge in [0.25, 0.3) is 20.2 Å². The molecule has 0 amide bonds. The predicted octanol–water partition coefficient (Wildman–Crippen LogP) is 2.67. The van der Waals surface area contributed by atoms with Crippen molar-refractivity contribution in [2.75, 3.05) is 17.4 Å². The van der Waals surface area contributed by atoms with Gasteiger partial charge in [0, 0.05) is 0 Å². The molecule has 1 aromatic heterocycles. The molecule has 10 nitrogen and oxygen atoms in total. The van der Waals surface area contributed by atoms with Gasteiger partial charge in [0.05, 0.1) is 12.5 Å². The second-order valence-corrected chi connectivity index (χ2v) is 12.7. The molecule has 0 bridgehead atoms. The molecule has 0 fully saturated rings. The van der Waals surface area contributed by atoms with Gasteiger partial charge in [0.1, 0.15) is 0 Å². The van der Waals surface area contributed by atoms with Crippen LogP contribution in [-0.4, -0.2) is 71.2 Å². The van der Waals surface area contributed by atoms with Gasteiger partial charge in [0.2, 0.25) is 0 Å². The molecular weight excluding hydrogens is 579 g/mol. The number of imidazole rings is 1. The fourth-order valence-electron chi connectivity index (χ4n) is 4.03. The molecule has 5 rings (SSSR count).